The minimum absolute atomic E-state index is 0.000589. The Bertz CT molecular complexity index is 1270. The highest BCUT2D eigenvalue weighted by Crippen LogP contribution is 2.57. The second-order valence-corrected chi connectivity index (χ2v) is 12.0. The first-order valence-corrected chi connectivity index (χ1v) is 13.9. The molecule has 5 aliphatic rings. The van der Waals surface area contributed by atoms with E-state index in [-0.39, 0.29) is 17.1 Å². The Hall–Kier alpha value is -3.00. The van der Waals surface area contributed by atoms with Crippen molar-refractivity contribution >= 4 is 5.97 Å². The number of carboxylic acids is 1. The molecule has 5 saturated carbocycles. The van der Waals surface area contributed by atoms with Crippen LogP contribution in [0.25, 0.3) is 23.0 Å². The fraction of sp³-hybridized carbons (Fsp3) is 0.586. The number of aromatic nitrogens is 4. The molecule has 0 unspecified atom stereocenters. The van der Waals surface area contributed by atoms with Gasteiger partial charge in [-0.15, -0.1) is 10.2 Å². The Morgan fingerprint density at radius 3 is 2.43 bits per heavy atom. The van der Waals surface area contributed by atoms with Crippen LogP contribution in [0, 0.1) is 17.8 Å². The Labute approximate surface area is 216 Å². The maximum Gasteiger partial charge on any atom is 0.335 e. The van der Waals surface area contributed by atoms with E-state index in [0.717, 1.165) is 42.1 Å². The zero-order chi connectivity index (χ0) is 25.0. The van der Waals surface area contributed by atoms with Gasteiger partial charge < -0.3 is 19.2 Å². The molecule has 0 saturated heterocycles. The SMILES string of the molecule is O=C(O)c1cccc(-c2nnc(-c3nc(C4CCCCC4)[nH]c3COC34CC5CC(CC(C5)C3)C4)o2)c1. The van der Waals surface area contributed by atoms with E-state index in [2.05, 4.69) is 15.2 Å². The van der Waals surface area contributed by atoms with Crippen LogP contribution in [-0.2, 0) is 11.3 Å². The van der Waals surface area contributed by atoms with Crippen LogP contribution in [0.3, 0.4) is 0 Å². The summed E-state index contributed by atoms with van der Waals surface area (Å²) in [6.45, 7) is 0.466. The van der Waals surface area contributed by atoms with Crippen molar-refractivity contribution in [3.8, 4) is 23.0 Å². The molecule has 5 aliphatic carbocycles. The number of nitrogens with zero attached hydrogens (tertiary/aromatic N) is 3. The molecule has 3 aromatic rings. The Kier molecular flexibility index (Phi) is 5.68. The van der Waals surface area contributed by atoms with E-state index in [1.54, 1.807) is 24.3 Å². The summed E-state index contributed by atoms with van der Waals surface area (Å²) in [5.41, 5.74) is 2.33. The number of hydrogen-bond acceptors (Lipinski definition) is 6. The molecule has 8 rings (SSSR count). The average Bonchev–Trinajstić information content (AvgIpc) is 3.55. The number of nitrogens with one attached hydrogen (secondary N) is 1. The minimum atomic E-state index is -0.991. The second-order valence-electron chi connectivity index (χ2n) is 12.0. The Morgan fingerprint density at radius 2 is 1.73 bits per heavy atom. The zero-order valence-electron chi connectivity index (χ0n) is 21.1. The number of ether oxygens (including phenoxy) is 1. The van der Waals surface area contributed by atoms with Gasteiger partial charge in [0, 0.05) is 11.5 Å². The average molecular weight is 503 g/mol. The van der Waals surface area contributed by atoms with Crippen LogP contribution in [0.5, 0.6) is 0 Å². The maximum atomic E-state index is 11.4. The van der Waals surface area contributed by atoms with Gasteiger partial charge in [-0.3, -0.25) is 0 Å². The standard InChI is InChI=1S/C29H34N4O4/c34-28(35)22-8-4-7-21(12-22)26-32-33-27(37-26)24-23(30-25(31-24)20-5-2-1-3-6-20)16-36-29-13-17-9-18(14-29)11-19(10-17)15-29/h4,7-8,12,17-20H,1-3,5-6,9-11,13-16H2,(H,30,31)(H,34,35). The van der Waals surface area contributed by atoms with Gasteiger partial charge in [-0.05, 0) is 87.3 Å². The summed E-state index contributed by atoms with van der Waals surface area (Å²) in [5, 5.41) is 17.9. The number of carboxylic acid groups (broad SMARTS) is 1. The summed E-state index contributed by atoms with van der Waals surface area (Å²) in [6, 6.07) is 6.56. The smallest absolute Gasteiger partial charge is 0.335 e. The van der Waals surface area contributed by atoms with Crippen LogP contribution in [0.1, 0.15) is 98.4 Å². The Morgan fingerprint density at radius 1 is 1.03 bits per heavy atom. The molecule has 0 spiro atoms. The Balaban J connectivity index is 1.18. The van der Waals surface area contributed by atoms with Crippen LogP contribution in [0.4, 0.5) is 0 Å². The highest BCUT2D eigenvalue weighted by atomic mass is 16.5. The molecule has 194 valence electrons. The van der Waals surface area contributed by atoms with Crippen LogP contribution in [-0.4, -0.2) is 36.8 Å². The first kappa shape index (κ1) is 23.1. The monoisotopic (exact) mass is 502 g/mol. The lowest BCUT2D eigenvalue weighted by Crippen LogP contribution is -2.51. The molecule has 0 amide bonds. The molecule has 8 nitrogen and oxygen atoms in total. The molecule has 4 bridgehead atoms. The van der Waals surface area contributed by atoms with E-state index in [0.29, 0.717) is 29.7 Å². The summed E-state index contributed by atoms with van der Waals surface area (Å²) < 4.78 is 12.9. The van der Waals surface area contributed by atoms with E-state index >= 15 is 0 Å². The van der Waals surface area contributed by atoms with Gasteiger partial charge in [0.1, 0.15) is 5.82 Å². The third kappa shape index (κ3) is 4.39. The lowest BCUT2D eigenvalue weighted by molar-refractivity contribution is -0.169. The first-order valence-electron chi connectivity index (χ1n) is 13.9. The summed E-state index contributed by atoms with van der Waals surface area (Å²) in [6.07, 6.45) is 13.7. The van der Waals surface area contributed by atoms with E-state index in [1.165, 1.54) is 57.8 Å². The third-order valence-electron chi connectivity index (χ3n) is 9.28. The number of carbonyl (C=O) groups is 1. The predicted octanol–water partition coefficient (Wildman–Crippen LogP) is 6.36. The second kappa shape index (κ2) is 9.08. The highest BCUT2D eigenvalue weighted by Gasteiger charge is 2.51. The van der Waals surface area contributed by atoms with Crippen molar-refractivity contribution in [2.45, 2.75) is 88.8 Å². The van der Waals surface area contributed by atoms with Gasteiger partial charge in [-0.2, -0.15) is 0 Å². The molecule has 37 heavy (non-hydrogen) atoms. The summed E-state index contributed by atoms with van der Waals surface area (Å²) >= 11 is 0. The molecule has 1 aromatic carbocycles. The fourth-order valence-corrected chi connectivity index (χ4v) is 7.93. The number of H-pyrrole nitrogens is 1. The predicted molar refractivity (Wildman–Crippen MR) is 136 cm³/mol. The van der Waals surface area contributed by atoms with Crippen molar-refractivity contribution in [2.24, 2.45) is 17.8 Å². The molecule has 2 N–H and O–H groups in total. The topological polar surface area (TPSA) is 114 Å². The van der Waals surface area contributed by atoms with Crippen molar-refractivity contribution in [1.82, 2.24) is 20.2 Å². The van der Waals surface area contributed by atoms with Gasteiger partial charge in [-0.25, -0.2) is 9.78 Å². The lowest BCUT2D eigenvalue weighted by Gasteiger charge is -2.56. The number of benzene rings is 1. The number of aromatic carboxylic acids is 1. The molecule has 0 radical (unpaired) electrons. The molecule has 2 heterocycles. The van der Waals surface area contributed by atoms with Crippen molar-refractivity contribution in [3.05, 3.63) is 41.3 Å². The van der Waals surface area contributed by atoms with Gasteiger partial charge in [0.2, 0.25) is 5.89 Å². The van der Waals surface area contributed by atoms with Gasteiger partial charge in [0.05, 0.1) is 23.5 Å². The third-order valence-corrected chi connectivity index (χ3v) is 9.28. The first-order chi connectivity index (χ1) is 18.0. The van der Waals surface area contributed by atoms with Crippen molar-refractivity contribution in [3.63, 3.8) is 0 Å². The zero-order valence-corrected chi connectivity index (χ0v) is 21.1. The van der Waals surface area contributed by atoms with Crippen molar-refractivity contribution < 1.29 is 19.1 Å². The van der Waals surface area contributed by atoms with E-state index < -0.39 is 5.97 Å². The normalized spacial score (nSPS) is 29.1. The number of aromatic amines is 1. The largest absolute Gasteiger partial charge is 0.478 e. The molecule has 0 aliphatic heterocycles. The fourth-order valence-electron chi connectivity index (χ4n) is 7.93. The lowest BCUT2D eigenvalue weighted by atomic mass is 9.54. The number of rotatable bonds is 7. The summed E-state index contributed by atoms with van der Waals surface area (Å²) in [4.78, 5) is 20.0. The van der Waals surface area contributed by atoms with Crippen LogP contribution in [0.15, 0.2) is 28.7 Å². The van der Waals surface area contributed by atoms with Gasteiger partial charge in [0.25, 0.3) is 5.89 Å². The number of imidazole rings is 1. The summed E-state index contributed by atoms with van der Waals surface area (Å²) in [7, 11) is 0. The molecule has 5 fully saturated rings. The number of hydrogen-bond donors (Lipinski definition) is 2. The molecular formula is C29H34N4O4. The van der Waals surface area contributed by atoms with Crippen molar-refractivity contribution in [2.75, 3.05) is 0 Å². The van der Waals surface area contributed by atoms with E-state index in [4.69, 9.17) is 14.1 Å². The van der Waals surface area contributed by atoms with Gasteiger partial charge in [-0.1, -0.05) is 25.3 Å². The molecule has 2 aromatic heterocycles. The van der Waals surface area contributed by atoms with E-state index in [9.17, 15) is 9.90 Å². The van der Waals surface area contributed by atoms with Crippen LogP contribution in [0.2, 0.25) is 0 Å². The maximum absolute atomic E-state index is 11.4. The van der Waals surface area contributed by atoms with Gasteiger partial charge >= 0.3 is 5.97 Å². The molecule has 0 atom stereocenters. The van der Waals surface area contributed by atoms with Crippen LogP contribution < -0.4 is 0 Å². The molecule has 8 heteroatoms. The summed E-state index contributed by atoms with van der Waals surface area (Å²) in [5.74, 6) is 3.52. The van der Waals surface area contributed by atoms with Gasteiger partial charge in [0.15, 0.2) is 5.69 Å². The quantitative estimate of drug-likeness (QED) is 0.386. The van der Waals surface area contributed by atoms with E-state index in [1.807, 2.05) is 0 Å². The van der Waals surface area contributed by atoms with Crippen LogP contribution >= 0.6 is 0 Å². The highest BCUT2D eigenvalue weighted by molar-refractivity contribution is 5.89. The van der Waals surface area contributed by atoms with Crippen molar-refractivity contribution in [1.29, 1.82) is 0 Å². The molecular weight excluding hydrogens is 468 g/mol. The minimum Gasteiger partial charge on any atom is -0.478 e.